The average Bonchev–Trinajstić information content (AvgIpc) is 2.89. The number of hydrogen-bond acceptors (Lipinski definition) is 3. The van der Waals surface area contributed by atoms with Gasteiger partial charge in [-0.1, -0.05) is 12.8 Å². The van der Waals surface area contributed by atoms with E-state index >= 15 is 0 Å². The SMILES string of the molecule is O=C(O)COC1CCN(C(=O)CC2CCCC2)CC1. The first-order valence-corrected chi connectivity index (χ1v) is 7.26. The molecular formula is C14H23NO4. The molecule has 2 aliphatic rings. The minimum Gasteiger partial charge on any atom is -0.480 e. The van der Waals surface area contributed by atoms with E-state index in [4.69, 9.17) is 9.84 Å². The van der Waals surface area contributed by atoms with Gasteiger partial charge in [0.1, 0.15) is 6.61 Å². The predicted octanol–water partition coefficient (Wildman–Crippen LogP) is 1.66. The number of carbonyl (C=O) groups excluding carboxylic acids is 1. The third-order valence-corrected chi connectivity index (χ3v) is 4.18. The van der Waals surface area contributed by atoms with Crippen molar-refractivity contribution < 1.29 is 19.4 Å². The Morgan fingerprint density at radius 2 is 1.74 bits per heavy atom. The monoisotopic (exact) mass is 269 g/mol. The molecule has 2 rings (SSSR count). The van der Waals surface area contributed by atoms with E-state index in [2.05, 4.69) is 0 Å². The van der Waals surface area contributed by atoms with Gasteiger partial charge in [0.15, 0.2) is 0 Å². The Kier molecular flexibility index (Phi) is 5.19. The summed E-state index contributed by atoms with van der Waals surface area (Å²) in [5.41, 5.74) is 0. The van der Waals surface area contributed by atoms with Gasteiger partial charge in [0, 0.05) is 19.5 Å². The van der Waals surface area contributed by atoms with Gasteiger partial charge >= 0.3 is 5.97 Å². The van der Waals surface area contributed by atoms with E-state index in [1.807, 2.05) is 4.90 Å². The number of amides is 1. The first-order valence-electron chi connectivity index (χ1n) is 7.26. The van der Waals surface area contributed by atoms with Crippen LogP contribution in [0, 0.1) is 5.92 Å². The summed E-state index contributed by atoms with van der Waals surface area (Å²) in [7, 11) is 0. The Hall–Kier alpha value is -1.10. The number of ether oxygens (including phenoxy) is 1. The highest BCUT2D eigenvalue weighted by atomic mass is 16.5. The highest BCUT2D eigenvalue weighted by Gasteiger charge is 2.26. The van der Waals surface area contributed by atoms with Crippen molar-refractivity contribution in [3.63, 3.8) is 0 Å². The zero-order valence-corrected chi connectivity index (χ0v) is 11.3. The fraction of sp³-hybridized carbons (Fsp3) is 0.857. The van der Waals surface area contributed by atoms with Crippen LogP contribution in [0.15, 0.2) is 0 Å². The van der Waals surface area contributed by atoms with Gasteiger partial charge in [-0.05, 0) is 31.6 Å². The van der Waals surface area contributed by atoms with Crippen molar-refractivity contribution >= 4 is 11.9 Å². The quantitative estimate of drug-likeness (QED) is 0.824. The van der Waals surface area contributed by atoms with Gasteiger partial charge in [0.05, 0.1) is 6.10 Å². The number of hydrogen-bond donors (Lipinski definition) is 1. The summed E-state index contributed by atoms with van der Waals surface area (Å²) in [5.74, 6) is -0.0724. The highest BCUT2D eigenvalue weighted by molar-refractivity contribution is 5.76. The topological polar surface area (TPSA) is 66.8 Å². The molecule has 5 heteroatoms. The molecule has 0 aromatic carbocycles. The van der Waals surface area contributed by atoms with Crippen LogP contribution < -0.4 is 0 Å². The van der Waals surface area contributed by atoms with Crippen LogP contribution >= 0.6 is 0 Å². The zero-order chi connectivity index (χ0) is 13.7. The van der Waals surface area contributed by atoms with Gasteiger partial charge in [0.2, 0.25) is 5.91 Å². The van der Waals surface area contributed by atoms with Crippen LogP contribution in [0.3, 0.4) is 0 Å². The largest absolute Gasteiger partial charge is 0.480 e. The minimum absolute atomic E-state index is 0.00775. The zero-order valence-electron chi connectivity index (χ0n) is 11.3. The van der Waals surface area contributed by atoms with E-state index in [0.29, 0.717) is 25.4 Å². The summed E-state index contributed by atoms with van der Waals surface area (Å²) in [4.78, 5) is 24.5. The smallest absolute Gasteiger partial charge is 0.329 e. The molecule has 0 aromatic rings. The molecule has 1 heterocycles. The molecule has 108 valence electrons. The standard InChI is InChI=1S/C14H23NO4/c16-13(9-11-3-1-2-4-11)15-7-5-12(6-8-15)19-10-14(17)18/h11-12H,1-10H2,(H,17,18). The second-order valence-electron chi connectivity index (χ2n) is 5.64. The molecule has 0 atom stereocenters. The van der Waals surface area contributed by atoms with Crippen molar-refractivity contribution in [2.24, 2.45) is 5.92 Å². The Bertz CT molecular complexity index is 317. The van der Waals surface area contributed by atoms with Gasteiger partial charge in [0.25, 0.3) is 0 Å². The summed E-state index contributed by atoms with van der Waals surface area (Å²) < 4.78 is 5.27. The lowest BCUT2D eigenvalue weighted by Gasteiger charge is -2.32. The molecule has 0 unspecified atom stereocenters. The summed E-state index contributed by atoms with van der Waals surface area (Å²) in [6, 6.07) is 0. The van der Waals surface area contributed by atoms with Crippen LogP contribution in [0.1, 0.15) is 44.9 Å². The normalized spacial score (nSPS) is 21.8. The van der Waals surface area contributed by atoms with Crippen LogP contribution in [0.25, 0.3) is 0 Å². The van der Waals surface area contributed by atoms with Crippen molar-refractivity contribution in [1.82, 2.24) is 4.90 Å². The maximum absolute atomic E-state index is 12.1. The lowest BCUT2D eigenvalue weighted by atomic mass is 10.0. The Balaban J connectivity index is 1.67. The summed E-state index contributed by atoms with van der Waals surface area (Å²) in [6.45, 7) is 1.17. The van der Waals surface area contributed by atoms with Gasteiger partial charge in [-0.15, -0.1) is 0 Å². The second-order valence-corrected chi connectivity index (χ2v) is 5.64. The average molecular weight is 269 g/mol. The molecular weight excluding hydrogens is 246 g/mol. The summed E-state index contributed by atoms with van der Waals surface area (Å²) >= 11 is 0. The van der Waals surface area contributed by atoms with Crippen molar-refractivity contribution in [3.8, 4) is 0 Å². The summed E-state index contributed by atoms with van der Waals surface area (Å²) in [5, 5.41) is 8.55. The molecule has 1 saturated carbocycles. The number of likely N-dealkylation sites (tertiary alicyclic amines) is 1. The van der Waals surface area contributed by atoms with Crippen molar-refractivity contribution in [2.75, 3.05) is 19.7 Å². The van der Waals surface area contributed by atoms with E-state index < -0.39 is 5.97 Å². The van der Waals surface area contributed by atoms with Crippen LogP contribution in [0.4, 0.5) is 0 Å². The van der Waals surface area contributed by atoms with Crippen molar-refractivity contribution in [2.45, 2.75) is 51.0 Å². The Labute approximate surface area is 113 Å². The molecule has 0 spiro atoms. The molecule has 1 aliphatic heterocycles. The number of carboxylic acids is 1. The van der Waals surface area contributed by atoms with Gasteiger partial charge in [-0.3, -0.25) is 4.79 Å². The fourth-order valence-electron chi connectivity index (χ4n) is 3.05. The van der Waals surface area contributed by atoms with Gasteiger partial charge in [-0.25, -0.2) is 4.79 Å². The number of piperidine rings is 1. The van der Waals surface area contributed by atoms with Gasteiger partial charge < -0.3 is 14.7 Å². The molecule has 19 heavy (non-hydrogen) atoms. The molecule has 0 radical (unpaired) electrons. The van der Waals surface area contributed by atoms with E-state index in [9.17, 15) is 9.59 Å². The number of rotatable bonds is 5. The molecule has 1 saturated heterocycles. The van der Waals surface area contributed by atoms with Crippen molar-refractivity contribution in [1.29, 1.82) is 0 Å². The fourth-order valence-corrected chi connectivity index (χ4v) is 3.05. The maximum Gasteiger partial charge on any atom is 0.329 e. The Morgan fingerprint density at radius 1 is 1.11 bits per heavy atom. The van der Waals surface area contributed by atoms with E-state index in [-0.39, 0.29) is 18.6 Å². The Morgan fingerprint density at radius 3 is 2.32 bits per heavy atom. The van der Waals surface area contributed by atoms with Crippen molar-refractivity contribution in [3.05, 3.63) is 0 Å². The molecule has 2 fully saturated rings. The lowest BCUT2D eigenvalue weighted by Crippen LogP contribution is -2.41. The lowest BCUT2D eigenvalue weighted by molar-refractivity contribution is -0.147. The highest BCUT2D eigenvalue weighted by Crippen LogP contribution is 2.28. The molecule has 1 N–H and O–H groups in total. The minimum atomic E-state index is -0.931. The summed E-state index contributed by atoms with van der Waals surface area (Å²) in [6.07, 6.45) is 7.13. The van der Waals surface area contributed by atoms with E-state index in [0.717, 1.165) is 12.8 Å². The second kappa shape index (κ2) is 6.89. The molecule has 0 bridgehead atoms. The van der Waals surface area contributed by atoms with Crippen LogP contribution in [0.2, 0.25) is 0 Å². The van der Waals surface area contributed by atoms with Crippen LogP contribution in [-0.2, 0) is 14.3 Å². The molecule has 1 amide bonds. The van der Waals surface area contributed by atoms with Gasteiger partial charge in [-0.2, -0.15) is 0 Å². The third kappa shape index (κ3) is 4.49. The molecule has 5 nitrogen and oxygen atoms in total. The molecule has 1 aliphatic carbocycles. The van der Waals surface area contributed by atoms with E-state index in [1.54, 1.807) is 0 Å². The maximum atomic E-state index is 12.1. The van der Waals surface area contributed by atoms with E-state index in [1.165, 1.54) is 25.7 Å². The predicted molar refractivity (Wildman–Crippen MR) is 69.8 cm³/mol. The number of carbonyl (C=O) groups is 2. The number of carboxylic acid groups (broad SMARTS) is 1. The number of nitrogens with zero attached hydrogens (tertiary/aromatic N) is 1. The van der Waals surface area contributed by atoms with Crippen LogP contribution in [0.5, 0.6) is 0 Å². The molecule has 0 aromatic heterocycles. The third-order valence-electron chi connectivity index (χ3n) is 4.18. The first-order chi connectivity index (χ1) is 9.15. The first kappa shape index (κ1) is 14.3. The number of aliphatic carboxylic acids is 1. The van der Waals surface area contributed by atoms with Crippen LogP contribution in [-0.4, -0.2) is 47.7 Å².